The summed E-state index contributed by atoms with van der Waals surface area (Å²) in [5.74, 6) is 1.30. The van der Waals surface area contributed by atoms with Gasteiger partial charge in [-0.25, -0.2) is 4.98 Å². The predicted molar refractivity (Wildman–Crippen MR) is 51.9 cm³/mol. The van der Waals surface area contributed by atoms with Crippen LogP contribution < -0.4 is 16.2 Å². The summed E-state index contributed by atoms with van der Waals surface area (Å²) in [7, 11) is 3.68. The molecule has 13 heavy (non-hydrogen) atoms. The average molecular weight is 182 g/mol. The number of nitrogens with one attached hydrogen (secondary N) is 1. The minimum absolute atomic E-state index is 0.137. The summed E-state index contributed by atoms with van der Waals surface area (Å²) >= 11 is 0. The molecule has 0 radical (unpaired) electrons. The second-order valence-electron chi connectivity index (χ2n) is 2.98. The van der Waals surface area contributed by atoms with Crippen molar-refractivity contribution >= 4 is 5.82 Å². The minimum Gasteiger partial charge on any atom is -0.363 e. The molecule has 3 N–H and O–H groups in total. The third-order valence-electron chi connectivity index (χ3n) is 1.62. The van der Waals surface area contributed by atoms with E-state index in [4.69, 9.17) is 5.73 Å². The molecule has 72 valence electrons. The molecule has 0 aliphatic heterocycles. The topological polar surface area (TPSA) is 75.0 Å². The number of anilines is 1. The van der Waals surface area contributed by atoms with E-state index in [1.807, 2.05) is 14.1 Å². The van der Waals surface area contributed by atoms with Gasteiger partial charge in [-0.05, 0) is 6.54 Å². The Balaban J connectivity index is 3.04. The number of nitrogens with zero attached hydrogens (tertiary/aromatic N) is 2. The molecule has 1 aromatic rings. The molecule has 1 rings (SSSR count). The molecule has 0 saturated heterocycles. The Morgan fingerprint density at radius 1 is 1.62 bits per heavy atom. The van der Waals surface area contributed by atoms with E-state index in [9.17, 15) is 4.79 Å². The summed E-state index contributed by atoms with van der Waals surface area (Å²) in [6, 6.07) is 1.46. The highest BCUT2D eigenvalue weighted by Gasteiger charge is 2.01. The number of nitrogens with two attached hydrogens (primary N) is 1. The van der Waals surface area contributed by atoms with Crippen LogP contribution in [0.15, 0.2) is 10.9 Å². The highest BCUT2D eigenvalue weighted by atomic mass is 16.1. The molecule has 0 fully saturated rings. The van der Waals surface area contributed by atoms with Crippen molar-refractivity contribution in [1.82, 2.24) is 9.97 Å². The van der Waals surface area contributed by atoms with Crippen molar-refractivity contribution in [2.24, 2.45) is 5.73 Å². The zero-order chi connectivity index (χ0) is 9.84. The van der Waals surface area contributed by atoms with Gasteiger partial charge in [-0.1, -0.05) is 0 Å². The molecule has 0 spiro atoms. The molecule has 0 aliphatic rings. The fourth-order valence-corrected chi connectivity index (χ4v) is 0.978. The lowest BCUT2D eigenvalue weighted by Gasteiger charge is -2.11. The van der Waals surface area contributed by atoms with E-state index < -0.39 is 0 Å². The Morgan fingerprint density at radius 2 is 2.31 bits per heavy atom. The zero-order valence-electron chi connectivity index (χ0n) is 7.87. The van der Waals surface area contributed by atoms with Gasteiger partial charge in [-0.2, -0.15) is 0 Å². The van der Waals surface area contributed by atoms with Crippen LogP contribution in [0.3, 0.4) is 0 Å². The Bertz CT molecular complexity index is 331. The van der Waals surface area contributed by atoms with Gasteiger partial charge in [-0.3, -0.25) is 4.79 Å². The van der Waals surface area contributed by atoms with Gasteiger partial charge >= 0.3 is 0 Å². The SMILES string of the molecule is CN(C)c1cc(=O)[nH]c(CCN)n1. The van der Waals surface area contributed by atoms with Crippen molar-refractivity contribution in [3.05, 3.63) is 22.2 Å². The maximum absolute atomic E-state index is 11.1. The maximum Gasteiger partial charge on any atom is 0.252 e. The summed E-state index contributed by atoms with van der Waals surface area (Å²) in [5.41, 5.74) is 5.22. The highest BCUT2D eigenvalue weighted by Crippen LogP contribution is 2.02. The summed E-state index contributed by atoms with van der Waals surface area (Å²) in [5, 5.41) is 0. The van der Waals surface area contributed by atoms with Crippen LogP contribution in [0.5, 0.6) is 0 Å². The Morgan fingerprint density at radius 3 is 2.85 bits per heavy atom. The second-order valence-corrected chi connectivity index (χ2v) is 2.98. The Labute approximate surface area is 76.6 Å². The van der Waals surface area contributed by atoms with E-state index in [-0.39, 0.29) is 5.56 Å². The van der Waals surface area contributed by atoms with E-state index in [2.05, 4.69) is 9.97 Å². The smallest absolute Gasteiger partial charge is 0.252 e. The van der Waals surface area contributed by atoms with Crippen LogP contribution in [-0.4, -0.2) is 30.6 Å². The lowest BCUT2D eigenvalue weighted by molar-refractivity contribution is 0.847. The molecule has 0 atom stereocenters. The van der Waals surface area contributed by atoms with Gasteiger partial charge in [0.1, 0.15) is 11.6 Å². The molecule has 1 heterocycles. The number of rotatable bonds is 3. The molecular formula is C8H14N4O. The van der Waals surface area contributed by atoms with Crippen LogP contribution in [0, 0.1) is 0 Å². The largest absolute Gasteiger partial charge is 0.363 e. The first kappa shape index (κ1) is 9.73. The molecule has 0 aromatic carbocycles. The molecule has 0 amide bonds. The normalized spacial score (nSPS) is 10.1. The van der Waals surface area contributed by atoms with E-state index in [1.54, 1.807) is 4.90 Å². The number of aromatic nitrogens is 2. The van der Waals surface area contributed by atoms with Crippen LogP contribution >= 0.6 is 0 Å². The lowest BCUT2D eigenvalue weighted by Crippen LogP contribution is -2.19. The number of H-pyrrole nitrogens is 1. The van der Waals surface area contributed by atoms with Gasteiger partial charge in [0.25, 0.3) is 5.56 Å². The van der Waals surface area contributed by atoms with Crippen LogP contribution in [-0.2, 0) is 6.42 Å². The van der Waals surface area contributed by atoms with Gasteiger partial charge < -0.3 is 15.6 Å². The van der Waals surface area contributed by atoms with E-state index >= 15 is 0 Å². The van der Waals surface area contributed by atoms with Crippen molar-refractivity contribution in [3.63, 3.8) is 0 Å². The zero-order valence-corrected chi connectivity index (χ0v) is 7.87. The molecule has 5 nitrogen and oxygen atoms in total. The molecule has 0 unspecified atom stereocenters. The third-order valence-corrected chi connectivity index (χ3v) is 1.62. The summed E-state index contributed by atoms with van der Waals surface area (Å²) in [4.78, 5) is 19.8. The second kappa shape index (κ2) is 4.04. The van der Waals surface area contributed by atoms with Crippen LogP contribution in [0.25, 0.3) is 0 Å². The van der Waals surface area contributed by atoms with E-state index in [1.165, 1.54) is 6.07 Å². The number of hydrogen-bond donors (Lipinski definition) is 2. The first-order chi connectivity index (χ1) is 6.13. The monoisotopic (exact) mass is 182 g/mol. The summed E-state index contributed by atoms with van der Waals surface area (Å²) in [6.07, 6.45) is 0.594. The molecule has 0 bridgehead atoms. The van der Waals surface area contributed by atoms with E-state index in [0.29, 0.717) is 24.6 Å². The van der Waals surface area contributed by atoms with Gasteiger partial charge in [0.15, 0.2) is 0 Å². The standard InChI is InChI=1S/C8H14N4O/c1-12(2)7-5-8(13)11-6(10-7)3-4-9/h5H,3-4,9H2,1-2H3,(H,10,11,13). The van der Waals surface area contributed by atoms with Gasteiger partial charge in [0, 0.05) is 26.6 Å². The third kappa shape index (κ3) is 2.55. The Hall–Kier alpha value is -1.36. The summed E-state index contributed by atoms with van der Waals surface area (Å²) < 4.78 is 0. The number of aromatic amines is 1. The van der Waals surface area contributed by atoms with Crippen molar-refractivity contribution in [2.75, 3.05) is 25.5 Å². The first-order valence-corrected chi connectivity index (χ1v) is 4.11. The fourth-order valence-electron chi connectivity index (χ4n) is 0.978. The predicted octanol–water partition coefficient (Wildman–Crippen LogP) is -0.663. The van der Waals surface area contributed by atoms with Crippen molar-refractivity contribution in [1.29, 1.82) is 0 Å². The number of hydrogen-bond acceptors (Lipinski definition) is 4. The molecule has 0 saturated carbocycles. The molecule has 1 aromatic heterocycles. The van der Waals surface area contributed by atoms with Crippen molar-refractivity contribution in [2.45, 2.75) is 6.42 Å². The average Bonchev–Trinajstić information content (AvgIpc) is 2.03. The van der Waals surface area contributed by atoms with Crippen LogP contribution in [0.4, 0.5) is 5.82 Å². The quantitative estimate of drug-likeness (QED) is 0.650. The van der Waals surface area contributed by atoms with E-state index in [0.717, 1.165) is 0 Å². The highest BCUT2D eigenvalue weighted by molar-refractivity contribution is 5.34. The van der Waals surface area contributed by atoms with Crippen molar-refractivity contribution < 1.29 is 0 Å². The van der Waals surface area contributed by atoms with Crippen molar-refractivity contribution in [3.8, 4) is 0 Å². The first-order valence-electron chi connectivity index (χ1n) is 4.11. The molecule has 5 heteroatoms. The Kier molecular flexibility index (Phi) is 3.02. The van der Waals surface area contributed by atoms with Gasteiger partial charge in [0.05, 0.1) is 0 Å². The minimum atomic E-state index is -0.137. The molecular weight excluding hydrogens is 168 g/mol. The lowest BCUT2D eigenvalue weighted by atomic mass is 10.4. The van der Waals surface area contributed by atoms with Gasteiger partial charge in [-0.15, -0.1) is 0 Å². The van der Waals surface area contributed by atoms with Crippen LogP contribution in [0.1, 0.15) is 5.82 Å². The molecule has 0 aliphatic carbocycles. The fraction of sp³-hybridized carbons (Fsp3) is 0.500. The maximum atomic E-state index is 11.1. The van der Waals surface area contributed by atoms with Gasteiger partial charge in [0.2, 0.25) is 0 Å². The summed E-state index contributed by atoms with van der Waals surface area (Å²) in [6.45, 7) is 0.486. The van der Waals surface area contributed by atoms with Crippen LogP contribution in [0.2, 0.25) is 0 Å².